The van der Waals surface area contributed by atoms with Gasteiger partial charge in [-0.1, -0.05) is 37.6 Å². The number of hydrogen-bond acceptors (Lipinski definition) is 10. The van der Waals surface area contributed by atoms with E-state index in [1.165, 1.54) is 11.0 Å². The van der Waals surface area contributed by atoms with Gasteiger partial charge in [-0.25, -0.2) is 18.9 Å². The molecule has 0 radical (unpaired) electrons. The number of halogens is 1. The Morgan fingerprint density at radius 1 is 0.915 bits per heavy atom. The van der Waals surface area contributed by atoms with Crippen LogP contribution in [0.1, 0.15) is 138 Å². The van der Waals surface area contributed by atoms with Gasteiger partial charge in [0.25, 0.3) is 5.91 Å². The Morgan fingerprint density at radius 3 is 2.44 bits per heavy atom. The Kier molecular flexibility index (Phi) is 14.6. The van der Waals surface area contributed by atoms with Gasteiger partial charge < -0.3 is 14.3 Å². The van der Waals surface area contributed by atoms with Crippen molar-refractivity contribution in [3.63, 3.8) is 0 Å². The van der Waals surface area contributed by atoms with Crippen LogP contribution in [0.5, 0.6) is 0 Å². The van der Waals surface area contributed by atoms with Crippen molar-refractivity contribution in [1.82, 2.24) is 29.9 Å². The first-order valence-electron chi connectivity index (χ1n) is 20.6. The molecule has 0 bridgehead atoms. The molecule has 1 saturated carbocycles. The van der Waals surface area contributed by atoms with E-state index in [2.05, 4.69) is 34.5 Å². The first-order valence-corrected chi connectivity index (χ1v) is 20.6. The number of ketones is 4. The van der Waals surface area contributed by atoms with Crippen LogP contribution in [0.4, 0.5) is 4.39 Å². The number of alkyl halides is 1. The molecule has 3 heterocycles. The summed E-state index contributed by atoms with van der Waals surface area (Å²) in [6.07, 6.45) is 11.3. The molecule has 13 nitrogen and oxygen atoms in total. The molecule has 59 heavy (non-hydrogen) atoms. The molecule has 0 spiro atoms. The lowest BCUT2D eigenvalue weighted by molar-refractivity contribution is -0.132. The normalized spacial score (nSPS) is 14.3. The number of carbonyl (C=O) groups is 5. The number of unbranched alkanes of at least 4 members (excludes halogenated alkanes) is 2. The van der Waals surface area contributed by atoms with Crippen molar-refractivity contribution in [2.24, 2.45) is 5.92 Å². The Bertz CT molecular complexity index is 2380. The summed E-state index contributed by atoms with van der Waals surface area (Å²) in [5.41, 5.74) is 3.26. The number of fused-ring (bicyclic) bond motifs is 1. The molecule has 310 valence electrons. The van der Waals surface area contributed by atoms with E-state index in [4.69, 9.17) is 4.42 Å². The third-order valence-electron chi connectivity index (χ3n) is 11.2. The van der Waals surface area contributed by atoms with Gasteiger partial charge in [-0.05, 0) is 93.2 Å². The zero-order chi connectivity index (χ0) is 41.9. The Labute approximate surface area is 341 Å². The summed E-state index contributed by atoms with van der Waals surface area (Å²) in [5.74, 6) is -0.768. The molecule has 6 rings (SSSR count). The highest BCUT2D eigenvalue weighted by molar-refractivity contribution is 6.03. The van der Waals surface area contributed by atoms with Crippen molar-refractivity contribution in [3.05, 3.63) is 105 Å². The van der Waals surface area contributed by atoms with Gasteiger partial charge in [0.2, 0.25) is 0 Å². The average molecular weight is 806 g/mol. The first kappa shape index (κ1) is 42.7. The summed E-state index contributed by atoms with van der Waals surface area (Å²) in [4.78, 5) is 81.0. The molecular weight excluding hydrogens is 755 g/mol. The number of nitrogens with one attached hydrogen (secondary N) is 1. The summed E-state index contributed by atoms with van der Waals surface area (Å²) in [6, 6.07) is 12.3. The molecule has 5 aromatic rings. The van der Waals surface area contributed by atoms with Crippen molar-refractivity contribution in [3.8, 4) is 5.69 Å². The number of aryl methyl sites for hydroxylation is 3. The minimum atomic E-state index is -0.691. The van der Waals surface area contributed by atoms with E-state index >= 15 is 0 Å². The lowest BCUT2D eigenvalue weighted by Gasteiger charge is -2.18. The van der Waals surface area contributed by atoms with Crippen LogP contribution in [0.25, 0.3) is 16.7 Å². The van der Waals surface area contributed by atoms with Gasteiger partial charge >= 0.3 is 5.63 Å². The highest BCUT2D eigenvalue weighted by Gasteiger charge is 2.27. The van der Waals surface area contributed by atoms with Crippen LogP contribution >= 0.6 is 0 Å². The van der Waals surface area contributed by atoms with E-state index in [-0.39, 0.29) is 60.4 Å². The van der Waals surface area contributed by atoms with Crippen molar-refractivity contribution < 1.29 is 32.8 Å². The van der Waals surface area contributed by atoms with Gasteiger partial charge in [0.05, 0.1) is 42.6 Å². The summed E-state index contributed by atoms with van der Waals surface area (Å²) < 4.78 is 21.5. The molecule has 1 unspecified atom stereocenters. The quantitative estimate of drug-likeness (QED) is 0.0343. The molecule has 0 aliphatic heterocycles. The molecule has 1 fully saturated rings. The van der Waals surface area contributed by atoms with Gasteiger partial charge in [0.15, 0.2) is 11.6 Å². The number of nitrogens with zero attached hydrogens (tertiary/aromatic N) is 5. The highest BCUT2D eigenvalue weighted by Crippen LogP contribution is 2.27. The maximum absolute atomic E-state index is 13.6. The molecule has 1 atom stereocenters. The third kappa shape index (κ3) is 11.2. The van der Waals surface area contributed by atoms with Crippen LogP contribution in [-0.2, 0) is 29.0 Å². The molecule has 1 aliphatic carbocycles. The van der Waals surface area contributed by atoms with Crippen LogP contribution < -0.4 is 10.9 Å². The second kappa shape index (κ2) is 20.2. The maximum Gasteiger partial charge on any atom is 0.349 e. The lowest BCUT2D eigenvalue weighted by atomic mass is 9.84. The van der Waals surface area contributed by atoms with Crippen LogP contribution in [0.15, 0.2) is 70.4 Å². The smallest absolute Gasteiger partial charge is 0.349 e. The number of aromatic nitrogens is 5. The van der Waals surface area contributed by atoms with E-state index in [1.54, 1.807) is 41.2 Å². The van der Waals surface area contributed by atoms with E-state index in [9.17, 15) is 33.2 Å². The molecular formula is C45H51FN6O7. The average Bonchev–Trinajstić information content (AvgIpc) is 3.91. The van der Waals surface area contributed by atoms with Crippen molar-refractivity contribution in [2.75, 3.05) is 13.2 Å². The Morgan fingerprint density at radius 2 is 1.69 bits per heavy atom. The number of amides is 1. The van der Waals surface area contributed by atoms with Crippen molar-refractivity contribution in [1.29, 1.82) is 0 Å². The van der Waals surface area contributed by atoms with E-state index in [0.717, 1.165) is 18.4 Å². The Balaban J connectivity index is 1.06. The lowest BCUT2D eigenvalue weighted by Crippen LogP contribution is -2.29. The topological polar surface area (TPSA) is 176 Å². The number of hydrogen-bond donors (Lipinski definition) is 1. The fourth-order valence-corrected chi connectivity index (χ4v) is 7.63. The highest BCUT2D eigenvalue weighted by atomic mass is 18.2. The second-order valence-electron chi connectivity index (χ2n) is 15.3. The zero-order valence-electron chi connectivity index (χ0n) is 33.7. The molecule has 14 heteroatoms. The first-order chi connectivity index (χ1) is 28.5. The van der Waals surface area contributed by atoms with Gasteiger partial charge in [-0.3, -0.25) is 24.0 Å². The summed E-state index contributed by atoms with van der Waals surface area (Å²) in [6.45, 7) is 4.20. The standard InChI is InChI=1S/C45H51FN6O7/c1-3-29(4-2)31-9-10-32-23-39(45(58)59-43(32)24-31)44(57)47-18-7-5-6-8-40(54)33-20-34(41(55)16-14-35-26-51(19-17-46)28-48-35)22-37(21-33)52-27-36(49-50-52)13-11-30-12-15-38(53)25-42(30)56/h9-10,20-24,26-30H,3-8,11-19,25H2,1-2H3,(H,47,57)/i46-1. The fourth-order valence-electron chi connectivity index (χ4n) is 7.63. The maximum atomic E-state index is 13.6. The fraction of sp³-hybridized carbons (Fsp3) is 0.444. The third-order valence-corrected chi connectivity index (χ3v) is 11.2. The summed E-state index contributed by atoms with van der Waals surface area (Å²) >= 11 is 0. The van der Waals surface area contributed by atoms with Crippen LogP contribution in [0, 0.1) is 5.92 Å². The summed E-state index contributed by atoms with van der Waals surface area (Å²) in [5, 5.41) is 12.0. The molecule has 1 amide bonds. The van der Waals surface area contributed by atoms with Gasteiger partial charge in [-0.15, -0.1) is 5.10 Å². The number of rotatable bonds is 21. The van der Waals surface area contributed by atoms with Crippen LogP contribution in [0.2, 0.25) is 0 Å². The van der Waals surface area contributed by atoms with Crippen LogP contribution in [-0.4, -0.2) is 66.8 Å². The largest absolute Gasteiger partial charge is 0.422 e. The van der Waals surface area contributed by atoms with E-state index in [0.29, 0.717) is 103 Å². The number of imidazole rings is 1. The van der Waals surface area contributed by atoms with E-state index < -0.39 is 18.2 Å². The second-order valence-corrected chi connectivity index (χ2v) is 15.3. The predicted molar refractivity (Wildman–Crippen MR) is 219 cm³/mol. The minimum Gasteiger partial charge on any atom is -0.422 e. The monoisotopic (exact) mass is 805 g/mol. The SMILES string of the molecule is CCC(CC)c1ccc2cc(C(=O)NCCCCCC(=O)c3cc(C(=O)CCc4cn(CC[18F])cn4)cc(-n4cc(CCC5CCC(=O)CC5=O)nn4)c3)c(=O)oc2c1. The zero-order valence-corrected chi connectivity index (χ0v) is 33.7. The predicted octanol–water partition coefficient (Wildman–Crippen LogP) is 7.30. The molecule has 0 saturated heterocycles. The molecule has 2 aromatic carbocycles. The summed E-state index contributed by atoms with van der Waals surface area (Å²) in [7, 11) is 0. The number of benzene rings is 2. The number of carbonyl (C=O) groups excluding carboxylic acids is 5. The Hall–Kier alpha value is -5.92. The van der Waals surface area contributed by atoms with Crippen molar-refractivity contribution >= 4 is 40.0 Å². The molecule has 3 aromatic heterocycles. The van der Waals surface area contributed by atoms with Gasteiger partial charge in [0.1, 0.15) is 29.4 Å². The van der Waals surface area contributed by atoms with Crippen molar-refractivity contribution in [2.45, 2.75) is 110 Å². The van der Waals surface area contributed by atoms with E-state index in [1.807, 2.05) is 18.2 Å². The van der Waals surface area contributed by atoms with Gasteiger partial charge in [0, 0.05) is 54.4 Å². The van der Waals surface area contributed by atoms with Gasteiger partial charge in [-0.2, -0.15) is 0 Å². The minimum absolute atomic E-state index is 0.0170. The molecule has 1 N–H and O–H groups in total. The number of Topliss-reactive ketones (excluding diaryl/α,β-unsaturated/α-hetero) is 4. The van der Waals surface area contributed by atoms with Crippen LogP contribution in [0.3, 0.4) is 0 Å². The molecule has 1 aliphatic rings.